The van der Waals surface area contributed by atoms with Gasteiger partial charge < -0.3 is 15.9 Å². The van der Waals surface area contributed by atoms with Gasteiger partial charge in [0.15, 0.2) is 11.1 Å². The van der Waals surface area contributed by atoms with Gasteiger partial charge in [-0.2, -0.15) is 0 Å². The minimum atomic E-state index is -1.41. The van der Waals surface area contributed by atoms with Crippen molar-refractivity contribution in [3.05, 3.63) is 67.5 Å². The van der Waals surface area contributed by atoms with E-state index in [0.29, 0.717) is 20.7 Å². The molecular weight excluding hydrogens is 422 g/mol. The highest BCUT2D eigenvalue weighted by Crippen LogP contribution is 2.20. The fourth-order valence-corrected chi connectivity index (χ4v) is 3.65. The summed E-state index contributed by atoms with van der Waals surface area (Å²) in [7, 11) is 0. The third kappa shape index (κ3) is 4.36. The lowest BCUT2D eigenvalue weighted by molar-refractivity contribution is -0.146. The molecule has 0 aliphatic heterocycles. The van der Waals surface area contributed by atoms with Crippen molar-refractivity contribution in [2.45, 2.75) is 26.0 Å². The summed E-state index contributed by atoms with van der Waals surface area (Å²) in [4.78, 5) is 27.3. The Labute approximate surface area is 161 Å². The molecule has 0 amide bonds. The number of aromatic nitrogens is 2. The van der Waals surface area contributed by atoms with Gasteiger partial charge in [0.2, 0.25) is 0 Å². The highest BCUT2D eigenvalue weighted by atomic mass is 79.9. The maximum absolute atomic E-state index is 12.0. The van der Waals surface area contributed by atoms with Crippen molar-refractivity contribution in [3.8, 4) is 0 Å². The van der Waals surface area contributed by atoms with Gasteiger partial charge in [0.25, 0.3) is 5.56 Å². The van der Waals surface area contributed by atoms with E-state index in [4.69, 9.17) is 15.9 Å². The number of aryl methyl sites for hydroxylation is 1. The highest BCUT2D eigenvalue weighted by Gasteiger charge is 2.15. The molecule has 1 aromatic carbocycles. The minimum Gasteiger partial charge on any atom is -0.479 e. The molecule has 4 N–H and O–H groups in total. The third-order valence-corrected chi connectivity index (χ3v) is 5.18. The van der Waals surface area contributed by atoms with Crippen LogP contribution >= 0.6 is 27.3 Å². The van der Waals surface area contributed by atoms with Crippen molar-refractivity contribution >= 4 is 38.2 Å². The second-order valence-corrected chi connectivity index (χ2v) is 7.18. The van der Waals surface area contributed by atoms with Crippen LogP contribution in [-0.2, 0) is 4.79 Å². The smallest absolute Gasteiger partial charge is 0.337 e. The van der Waals surface area contributed by atoms with E-state index in [1.807, 2.05) is 19.2 Å². The number of carbonyl (C=O) groups is 1. The summed E-state index contributed by atoms with van der Waals surface area (Å²) in [5.41, 5.74) is 7.56. The van der Waals surface area contributed by atoms with E-state index >= 15 is 0 Å². The number of benzene rings is 1. The molecular formula is C17H18BrN3O4S. The molecule has 3 aromatic rings. The van der Waals surface area contributed by atoms with Gasteiger partial charge in [0.1, 0.15) is 4.47 Å². The monoisotopic (exact) mass is 439 g/mol. The summed E-state index contributed by atoms with van der Waals surface area (Å²) < 4.78 is 2.04. The molecule has 0 saturated carbocycles. The first-order valence-corrected chi connectivity index (χ1v) is 9.29. The second kappa shape index (κ2) is 8.54. The SMILES string of the molecule is Cc1csc2nc(C(C)N)c(Br)c(=O)n12.O=C(O)C(O)c1ccccc1. The molecule has 2 heterocycles. The van der Waals surface area contributed by atoms with Gasteiger partial charge in [-0.25, -0.2) is 9.78 Å². The van der Waals surface area contributed by atoms with Crippen molar-refractivity contribution in [1.29, 1.82) is 0 Å². The number of nitrogens with two attached hydrogens (primary N) is 1. The Morgan fingerprint density at radius 1 is 1.35 bits per heavy atom. The molecule has 26 heavy (non-hydrogen) atoms. The molecule has 0 spiro atoms. The number of carboxylic acids is 1. The van der Waals surface area contributed by atoms with Gasteiger partial charge in [-0.3, -0.25) is 9.20 Å². The Bertz CT molecular complexity index is 969. The molecule has 0 aliphatic carbocycles. The van der Waals surface area contributed by atoms with Gasteiger partial charge in [0.05, 0.1) is 5.69 Å². The lowest BCUT2D eigenvalue weighted by Crippen LogP contribution is -2.21. The molecule has 2 unspecified atom stereocenters. The van der Waals surface area contributed by atoms with Crippen LogP contribution in [0, 0.1) is 6.92 Å². The second-order valence-electron chi connectivity index (χ2n) is 5.55. The van der Waals surface area contributed by atoms with E-state index in [1.54, 1.807) is 34.7 Å². The Morgan fingerprint density at radius 2 is 1.96 bits per heavy atom. The molecule has 0 fully saturated rings. The fraction of sp³-hybridized carbons (Fsp3) is 0.235. The van der Waals surface area contributed by atoms with E-state index < -0.39 is 12.1 Å². The maximum Gasteiger partial charge on any atom is 0.337 e. The Hall–Kier alpha value is -2.07. The van der Waals surface area contributed by atoms with Crippen LogP contribution in [0.25, 0.3) is 4.96 Å². The van der Waals surface area contributed by atoms with E-state index in [-0.39, 0.29) is 11.6 Å². The van der Waals surface area contributed by atoms with Gasteiger partial charge in [-0.15, -0.1) is 11.3 Å². The number of thiazole rings is 1. The number of fused-ring (bicyclic) bond motifs is 1. The molecule has 7 nitrogen and oxygen atoms in total. The summed E-state index contributed by atoms with van der Waals surface area (Å²) in [6, 6.07) is 8.01. The number of aliphatic hydroxyl groups excluding tert-OH is 1. The molecule has 2 atom stereocenters. The van der Waals surface area contributed by atoms with E-state index in [1.165, 1.54) is 11.3 Å². The number of aliphatic hydroxyl groups is 1. The number of nitrogens with zero attached hydrogens (tertiary/aromatic N) is 2. The predicted molar refractivity (Wildman–Crippen MR) is 103 cm³/mol. The molecule has 0 saturated heterocycles. The Morgan fingerprint density at radius 3 is 2.50 bits per heavy atom. The zero-order valence-corrected chi connectivity index (χ0v) is 16.5. The molecule has 9 heteroatoms. The van der Waals surface area contributed by atoms with Crippen molar-refractivity contribution in [2.24, 2.45) is 5.73 Å². The number of rotatable bonds is 3. The van der Waals surface area contributed by atoms with Crippen LogP contribution in [0.15, 0.2) is 45.0 Å². The van der Waals surface area contributed by atoms with Crippen LogP contribution in [0.4, 0.5) is 0 Å². The van der Waals surface area contributed by atoms with Crippen molar-refractivity contribution < 1.29 is 15.0 Å². The fourth-order valence-electron chi connectivity index (χ4n) is 2.16. The third-order valence-electron chi connectivity index (χ3n) is 3.49. The molecule has 2 aromatic heterocycles. The molecule has 0 aliphatic rings. The lowest BCUT2D eigenvalue weighted by atomic mass is 10.1. The first kappa shape index (κ1) is 20.2. The topological polar surface area (TPSA) is 118 Å². The highest BCUT2D eigenvalue weighted by molar-refractivity contribution is 9.10. The van der Waals surface area contributed by atoms with E-state index in [9.17, 15) is 9.59 Å². The van der Waals surface area contributed by atoms with Crippen molar-refractivity contribution in [1.82, 2.24) is 9.38 Å². The zero-order chi connectivity index (χ0) is 19.4. The van der Waals surface area contributed by atoms with E-state index in [0.717, 1.165) is 5.69 Å². The van der Waals surface area contributed by atoms with Gasteiger partial charge in [-0.05, 0) is 35.3 Å². The van der Waals surface area contributed by atoms with Crippen LogP contribution in [0.2, 0.25) is 0 Å². The molecule has 3 rings (SSSR count). The number of aliphatic carboxylic acids is 1. The number of hydrogen-bond acceptors (Lipinski definition) is 6. The molecule has 0 bridgehead atoms. The average molecular weight is 440 g/mol. The average Bonchev–Trinajstić information content (AvgIpc) is 2.99. The van der Waals surface area contributed by atoms with Crippen LogP contribution in [0.3, 0.4) is 0 Å². The van der Waals surface area contributed by atoms with Gasteiger partial charge in [-0.1, -0.05) is 30.3 Å². The summed E-state index contributed by atoms with van der Waals surface area (Å²) in [5, 5.41) is 19.3. The van der Waals surface area contributed by atoms with Crippen LogP contribution in [0.5, 0.6) is 0 Å². The van der Waals surface area contributed by atoms with E-state index in [2.05, 4.69) is 20.9 Å². The number of halogens is 1. The molecule has 138 valence electrons. The zero-order valence-electron chi connectivity index (χ0n) is 14.1. The number of carboxylic acid groups (broad SMARTS) is 1. The maximum atomic E-state index is 12.0. The van der Waals surface area contributed by atoms with Crippen LogP contribution < -0.4 is 11.3 Å². The first-order chi connectivity index (χ1) is 12.2. The largest absolute Gasteiger partial charge is 0.479 e. The quantitative estimate of drug-likeness (QED) is 0.577. The molecule has 0 radical (unpaired) electrons. The van der Waals surface area contributed by atoms with Crippen molar-refractivity contribution in [3.63, 3.8) is 0 Å². The number of hydrogen-bond donors (Lipinski definition) is 3. The normalized spacial score (nSPS) is 13.0. The summed E-state index contributed by atoms with van der Waals surface area (Å²) >= 11 is 4.69. The van der Waals surface area contributed by atoms with Gasteiger partial charge in [0, 0.05) is 17.1 Å². The van der Waals surface area contributed by atoms with Crippen molar-refractivity contribution in [2.75, 3.05) is 0 Å². The Kier molecular flexibility index (Phi) is 6.65. The Balaban J connectivity index is 0.000000197. The van der Waals surface area contributed by atoms with Crippen LogP contribution in [-0.4, -0.2) is 25.6 Å². The first-order valence-electron chi connectivity index (χ1n) is 7.61. The lowest BCUT2D eigenvalue weighted by Gasteiger charge is -2.07. The minimum absolute atomic E-state index is 0.0916. The van der Waals surface area contributed by atoms with Gasteiger partial charge >= 0.3 is 5.97 Å². The summed E-state index contributed by atoms with van der Waals surface area (Å²) in [6.45, 7) is 3.69. The van der Waals surface area contributed by atoms with Crippen LogP contribution in [0.1, 0.15) is 36.0 Å². The predicted octanol–water partition coefficient (Wildman–Crippen LogP) is 2.65. The standard InChI is InChI=1S/C9H10BrN3OS.C8H8O3/c1-4-3-15-9-12-7(5(2)11)6(10)8(14)13(4)9;9-7(8(10)11)6-4-2-1-3-5-6/h3,5H,11H2,1-2H3;1-5,7,9H,(H,10,11). The summed E-state index contributed by atoms with van der Waals surface area (Å²) in [5.74, 6) is -1.23. The summed E-state index contributed by atoms with van der Waals surface area (Å²) in [6.07, 6.45) is -1.41.